The van der Waals surface area contributed by atoms with Crippen LogP contribution in [0.15, 0.2) is 33.9 Å². The first kappa shape index (κ1) is 26.2. The lowest BCUT2D eigenvalue weighted by Crippen LogP contribution is -2.45. The van der Waals surface area contributed by atoms with Crippen molar-refractivity contribution in [1.29, 1.82) is 0 Å². The molecule has 8 nitrogen and oxygen atoms in total. The topological polar surface area (TPSA) is 113 Å². The van der Waals surface area contributed by atoms with Crippen LogP contribution in [-0.4, -0.2) is 28.5 Å². The summed E-state index contributed by atoms with van der Waals surface area (Å²) in [6.45, 7) is 12.4. The second kappa shape index (κ2) is 11.2. The molecule has 33 heavy (non-hydrogen) atoms. The molecule has 182 valence electrons. The van der Waals surface area contributed by atoms with Crippen LogP contribution in [-0.2, 0) is 11.3 Å². The SMILES string of the molecule is CC(C)CN(CC(=O)NC(c1ccc(F)cc1)C(C)C)c1c(N)n(CC(C)C)c(=O)[nH]c1=O. The second-order valence-corrected chi connectivity index (χ2v) is 9.61. The van der Waals surface area contributed by atoms with Crippen molar-refractivity contribution in [2.24, 2.45) is 17.8 Å². The van der Waals surface area contributed by atoms with E-state index in [2.05, 4.69) is 10.3 Å². The molecule has 0 aliphatic rings. The van der Waals surface area contributed by atoms with Crippen molar-refractivity contribution >= 4 is 17.4 Å². The Morgan fingerprint density at radius 1 is 1.09 bits per heavy atom. The fraction of sp³-hybridized carbons (Fsp3) is 0.542. The molecule has 1 heterocycles. The maximum absolute atomic E-state index is 13.3. The summed E-state index contributed by atoms with van der Waals surface area (Å²) in [5.41, 5.74) is 5.99. The van der Waals surface area contributed by atoms with E-state index in [-0.39, 0.29) is 53.6 Å². The van der Waals surface area contributed by atoms with E-state index in [0.717, 1.165) is 5.56 Å². The Labute approximate surface area is 194 Å². The summed E-state index contributed by atoms with van der Waals surface area (Å²) in [7, 11) is 0. The molecule has 0 spiro atoms. The molecule has 0 saturated heterocycles. The number of nitrogen functional groups attached to an aromatic ring is 1. The van der Waals surface area contributed by atoms with Gasteiger partial charge < -0.3 is 16.0 Å². The van der Waals surface area contributed by atoms with Gasteiger partial charge in [-0.1, -0.05) is 53.7 Å². The van der Waals surface area contributed by atoms with Gasteiger partial charge in [-0.25, -0.2) is 9.18 Å². The minimum atomic E-state index is -0.620. The van der Waals surface area contributed by atoms with Crippen LogP contribution in [0.3, 0.4) is 0 Å². The molecule has 1 aromatic heterocycles. The Morgan fingerprint density at radius 2 is 1.70 bits per heavy atom. The highest BCUT2D eigenvalue weighted by atomic mass is 19.1. The molecule has 1 unspecified atom stereocenters. The van der Waals surface area contributed by atoms with Gasteiger partial charge in [0.05, 0.1) is 12.6 Å². The first-order chi connectivity index (χ1) is 15.4. The molecule has 0 radical (unpaired) electrons. The molecule has 1 atom stereocenters. The van der Waals surface area contributed by atoms with Crippen LogP contribution in [0.5, 0.6) is 0 Å². The minimum absolute atomic E-state index is 0.0462. The number of nitrogens with one attached hydrogen (secondary N) is 2. The summed E-state index contributed by atoms with van der Waals surface area (Å²) in [4.78, 5) is 42.1. The summed E-state index contributed by atoms with van der Waals surface area (Å²) < 4.78 is 14.7. The van der Waals surface area contributed by atoms with E-state index < -0.39 is 11.2 Å². The number of hydrogen-bond donors (Lipinski definition) is 3. The Hall–Kier alpha value is -3.10. The molecule has 1 aromatic carbocycles. The zero-order valence-electron chi connectivity index (χ0n) is 20.3. The van der Waals surface area contributed by atoms with Crippen LogP contribution in [0.4, 0.5) is 15.9 Å². The fourth-order valence-corrected chi connectivity index (χ4v) is 3.80. The van der Waals surface area contributed by atoms with Crippen LogP contribution < -0.4 is 27.2 Å². The molecule has 0 saturated carbocycles. The van der Waals surface area contributed by atoms with Gasteiger partial charge in [-0.2, -0.15) is 0 Å². The van der Waals surface area contributed by atoms with E-state index in [4.69, 9.17) is 5.73 Å². The number of carbonyl (C=O) groups excluding carboxylic acids is 1. The van der Waals surface area contributed by atoms with Crippen molar-refractivity contribution in [3.05, 3.63) is 56.5 Å². The highest BCUT2D eigenvalue weighted by Gasteiger charge is 2.24. The van der Waals surface area contributed by atoms with E-state index >= 15 is 0 Å². The third-order valence-electron chi connectivity index (χ3n) is 5.21. The number of H-pyrrole nitrogens is 1. The van der Waals surface area contributed by atoms with E-state index in [1.54, 1.807) is 17.0 Å². The average molecular weight is 462 g/mol. The molecule has 2 aromatic rings. The van der Waals surface area contributed by atoms with Gasteiger partial charge in [0, 0.05) is 13.1 Å². The molecule has 4 N–H and O–H groups in total. The quantitative estimate of drug-likeness (QED) is 0.504. The van der Waals surface area contributed by atoms with Gasteiger partial charge in [0.15, 0.2) is 0 Å². The normalized spacial score (nSPS) is 12.4. The number of hydrogen-bond acceptors (Lipinski definition) is 5. The molecule has 1 amide bonds. The molecular weight excluding hydrogens is 425 g/mol. The summed E-state index contributed by atoms with van der Waals surface area (Å²) in [5, 5.41) is 3.00. The predicted molar refractivity (Wildman–Crippen MR) is 130 cm³/mol. The van der Waals surface area contributed by atoms with Crippen molar-refractivity contribution in [2.75, 3.05) is 23.7 Å². The summed E-state index contributed by atoms with van der Waals surface area (Å²) in [6.07, 6.45) is 0. The van der Waals surface area contributed by atoms with Gasteiger partial charge >= 0.3 is 5.69 Å². The second-order valence-electron chi connectivity index (χ2n) is 9.61. The summed E-state index contributed by atoms with van der Waals surface area (Å²) in [6, 6.07) is 5.69. The van der Waals surface area contributed by atoms with Crippen LogP contribution in [0.1, 0.15) is 53.1 Å². The van der Waals surface area contributed by atoms with Crippen LogP contribution in [0, 0.1) is 23.6 Å². The average Bonchev–Trinajstić information content (AvgIpc) is 2.69. The van der Waals surface area contributed by atoms with E-state index in [1.165, 1.54) is 16.7 Å². The number of halogens is 1. The number of aromatic amines is 1. The highest BCUT2D eigenvalue weighted by Crippen LogP contribution is 2.23. The first-order valence-electron chi connectivity index (χ1n) is 11.3. The van der Waals surface area contributed by atoms with Gasteiger partial charge in [-0.15, -0.1) is 0 Å². The van der Waals surface area contributed by atoms with Crippen LogP contribution >= 0.6 is 0 Å². The smallest absolute Gasteiger partial charge is 0.330 e. The van der Waals surface area contributed by atoms with Crippen LogP contribution in [0.2, 0.25) is 0 Å². The third-order valence-corrected chi connectivity index (χ3v) is 5.21. The standard InChI is InChI=1S/C24H36FN5O3/c1-14(2)11-29(21-22(26)30(12-15(3)4)24(33)28-23(21)32)13-19(31)27-20(16(5)6)17-7-9-18(25)10-8-17/h7-10,14-16,20H,11-13,26H2,1-6H3,(H,27,31)(H,28,32,33). The maximum Gasteiger partial charge on any atom is 0.330 e. The van der Waals surface area contributed by atoms with Gasteiger partial charge in [0.1, 0.15) is 17.3 Å². The largest absolute Gasteiger partial charge is 0.383 e. The number of nitrogens with zero attached hydrogens (tertiary/aromatic N) is 2. The summed E-state index contributed by atoms with van der Waals surface area (Å²) in [5.74, 6) is -0.293. The molecule has 0 aliphatic carbocycles. The van der Waals surface area contributed by atoms with Crippen molar-refractivity contribution in [1.82, 2.24) is 14.9 Å². The van der Waals surface area contributed by atoms with Crippen molar-refractivity contribution in [2.45, 2.75) is 54.1 Å². The number of aromatic nitrogens is 2. The van der Waals surface area contributed by atoms with Gasteiger partial charge in [0.25, 0.3) is 5.56 Å². The van der Waals surface area contributed by atoms with Crippen molar-refractivity contribution < 1.29 is 9.18 Å². The number of rotatable bonds is 10. The van der Waals surface area contributed by atoms with E-state index in [0.29, 0.717) is 13.1 Å². The minimum Gasteiger partial charge on any atom is -0.383 e. The number of nitrogens with two attached hydrogens (primary N) is 1. The van der Waals surface area contributed by atoms with E-state index in [1.807, 2.05) is 41.5 Å². The Kier molecular flexibility index (Phi) is 8.84. The van der Waals surface area contributed by atoms with Gasteiger partial charge in [-0.3, -0.25) is 19.1 Å². The maximum atomic E-state index is 13.3. The lowest BCUT2D eigenvalue weighted by Gasteiger charge is -2.29. The van der Waals surface area contributed by atoms with Gasteiger partial charge in [-0.05, 0) is 35.4 Å². The van der Waals surface area contributed by atoms with E-state index in [9.17, 15) is 18.8 Å². The zero-order valence-corrected chi connectivity index (χ0v) is 20.3. The van der Waals surface area contributed by atoms with Crippen LogP contribution in [0.25, 0.3) is 0 Å². The Balaban J connectivity index is 2.38. The van der Waals surface area contributed by atoms with Gasteiger partial charge in [0.2, 0.25) is 5.91 Å². The first-order valence-corrected chi connectivity index (χ1v) is 11.3. The molecule has 0 bridgehead atoms. The number of benzene rings is 1. The lowest BCUT2D eigenvalue weighted by atomic mass is 9.96. The number of anilines is 2. The molecular formula is C24H36FN5O3. The van der Waals surface area contributed by atoms with Crippen molar-refractivity contribution in [3.63, 3.8) is 0 Å². The predicted octanol–water partition coefficient (Wildman–Crippen LogP) is 2.89. The third kappa shape index (κ3) is 6.94. The fourth-order valence-electron chi connectivity index (χ4n) is 3.80. The Morgan fingerprint density at radius 3 is 2.21 bits per heavy atom. The molecule has 9 heteroatoms. The lowest BCUT2D eigenvalue weighted by molar-refractivity contribution is -0.120. The molecule has 0 fully saturated rings. The summed E-state index contributed by atoms with van der Waals surface area (Å²) >= 11 is 0. The zero-order chi connectivity index (χ0) is 24.9. The monoisotopic (exact) mass is 461 g/mol. The van der Waals surface area contributed by atoms with Crippen molar-refractivity contribution in [3.8, 4) is 0 Å². The number of amides is 1. The Bertz CT molecular complexity index is 1060. The molecule has 2 rings (SSSR count). The number of carbonyl (C=O) groups is 1. The molecule has 0 aliphatic heterocycles. The highest BCUT2D eigenvalue weighted by molar-refractivity contribution is 5.83.